The summed E-state index contributed by atoms with van der Waals surface area (Å²) in [6, 6.07) is 22.0. The molecule has 0 radical (unpaired) electrons. The predicted octanol–water partition coefficient (Wildman–Crippen LogP) is 4.58. The average molecular weight is 430 g/mol. The van der Waals surface area contributed by atoms with E-state index in [1.165, 1.54) is 12.1 Å². The zero-order chi connectivity index (χ0) is 21.2. The van der Waals surface area contributed by atoms with Gasteiger partial charge in [0.2, 0.25) is 0 Å². The van der Waals surface area contributed by atoms with E-state index in [2.05, 4.69) is 20.2 Å². The Morgan fingerprint density at radius 1 is 0.935 bits per heavy atom. The van der Waals surface area contributed by atoms with Crippen molar-refractivity contribution in [2.24, 2.45) is 0 Å². The molecule has 3 aromatic heterocycles. The number of benzene rings is 1. The van der Waals surface area contributed by atoms with Crippen molar-refractivity contribution in [1.82, 2.24) is 24.8 Å². The van der Waals surface area contributed by atoms with Gasteiger partial charge >= 0.3 is 0 Å². The molecule has 1 aliphatic heterocycles. The summed E-state index contributed by atoms with van der Waals surface area (Å²) in [5.41, 5.74) is 3.56. The summed E-state index contributed by atoms with van der Waals surface area (Å²) in [5.74, 6) is -0.274. The first-order valence-electron chi connectivity index (χ1n) is 10.0. The minimum absolute atomic E-state index is 0.150. The Hall–Kier alpha value is -3.58. The molecular weight excluding hydrogens is 409 g/mol. The molecule has 1 aromatic carbocycles. The van der Waals surface area contributed by atoms with Crippen LogP contribution in [-0.4, -0.2) is 24.5 Å². The molecule has 7 heteroatoms. The number of aromatic nitrogens is 3. The van der Waals surface area contributed by atoms with E-state index in [1.54, 1.807) is 18.5 Å². The van der Waals surface area contributed by atoms with Crippen LogP contribution in [-0.2, 0) is 6.54 Å². The highest BCUT2D eigenvalue weighted by Crippen LogP contribution is 2.40. The third kappa shape index (κ3) is 3.80. The normalized spacial score (nSPS) is 18.2. The van der Waals surface area contributed by atoms with Crippen molar-refractivity contribution < 1.29 is 4.39 Å². The number of hydrogen-bond acceptors (Lipinski definition) is 3. The molecule has 2 atom stereocenters. The SMILES string of the molecule is Fc1cccc(-n2cccc2[C@@H]2[C@@H](c3ccccn3)NC(=S)N2Cc2ccccn2)c1. The molecule has 1 fully saturated rings. The molecule has 0 unspecified atom stereocenters. The highest BCUT2D eigenvalue weighted by molar-refractivity contribution is 7.80. The largest absolute Gasteiger partial charge is 0.352 e. The summed E-state index contributed by atoms with van der Waals surface area (Å²) in [5, 5.41) is 4.09. The van der Waals surface area contributed by atoms with E-state index in [9.17, 15) is 4.39 Å². The van der Waals surface area contributed by atoms with Gasteiger partial charge in [-0.2, -0.15) is 0 Å². The molecule has 1 aliphatic rings. The van der Waals surface area contributed by atoms with Gasteiger partial charge in [-0.25, -0.2) is 4.39 Å². The van der Waals surface area contributed by atoms with Crippen molar-refractivity contribution in [1.29, 1.82) is 0 Å². The summed E-state index contributed by atoms with van der Waals surface area (Å²) in [6.07, 6.45) is 5.51. The molecule has 0 bridgehead atoms. The maximum atomic E-state index is 14.0. The highest BCUT2D eigenvalue weighted by atomic mass is 32.1. The molecule has 0 spiro atoms. The van der Waals surface area contributed by atoms with Crippen LogP contribution in [0, 0.1) is 5.82 Å². The molecule has 154 valence electrons. The lowest BCUT2D eigenvalue weighted by Gasteiger charge is -2.28. The van der Waals surface area contributed by atoms with Gasteiger partial charge in [-0.15, -0.1) is 0 Å². The van der Waals surface area contributed by atoms with Crippen molar-refractivity contribution >= 4 is 17.3 Å². The number of nitrogens with one attached hydrogen (secondary N) is 1. The fourth-order valence-corrected chi connectivity index (χ4v) is 4.36. The highest BCUT2D eigenvalue weighted by Gasteiger charge is 2.41. The van der Waals surface area contributed by atoms with Crippen LogP contribution < -0.4 is 5.32 Å². The number of hydrogen-bond donors (Lipinski definition) is 1. The molecule has 4 heterocycles. The number of thiocarbonyl (C=S) groups is 1. The Morgan fingerprint density at radius 3 is 2.52 bits per heavy atom. The van der Waals surface area contributed by atoms with Gasteiger partial charge in [-0.05, 0) is 66.8 Å². The average Bonchev–Trinajstić information content (AvgIpc) is 3.40. The molecule has 31 heavy (non-hydrogen) atoms. The molecule has 1 saturated heterocycles. The summed E-state index contributed by atoms with van der Waals surface area (Å²) in [7, 11) is 0. The van der Waals surface area contributed by atoms with Gasteiger partial charge in [0.05, 0.1) is 30.0 Å². The monoisotopic (exact) mass is 429 g/mol. The van der Waals surface area contributed by atoms with E-state index in [0.717, 1.165) is 22.8 Å². The minimum Gasteiger partial charge on any atom is -0.352 e. The Labute approximate surface area is 185 Å². The lowest BCUT2D eigenvalue weighted by atomic mass is 10.0. The van der Waals surface area contributed by atoms with Crippen molar-refractivity contribution in [2.75, 3.05) is 0 Å². The van der Waals surface area contributed by atoms with E-state index >= 15 is 0 Å². The van der Waals surface area contributed by atoms with Crippen molar-refractivity contribution in [3.8, 4) is 5.69 Å². The number of pyridine rings is 2. The zero-order valence-corrected chi connectivity index (χ0v) is 17.4. The molecule has 5 nitrogen and oxygen atoms in total. The number of rotatable bonds is 5. The summed E-state index contributed by atoms with van der Waals surface area (Å²) < 4.78 is 16.0. The molecule has 0 amide bonds. The summed E-state index contributed by atoms with van der Waals surface area (Å²) in [4.78, 5) is 11.2. The van der Waals surface area contributed by atoms with Crippen LogP contribution in [0.4, 0.5) is 4.39 Å². The lowest BCUT2D eigenvalue weighted by molar-refractivity contribution is 0.299. The van der Waals surface area contributed by atoms with Gasteiger partial charge in [0.25, 0.3) is 0 Å². The van der Waals surface area contributed by atoms with E-state index in [0.29, 0.717) is 11.7 Å². The lowest BCUT2D eigenvalue weighted by Crippen LogP contribution is -2.30. The van der Waals surface area contributed by atoms with Crippen LogP contribution in [0.5, 0.6) is 0 Å². The van der Waals surface area contributed by atoms with Gasteiger partial charge in [0, 0.05) is 30.0 Å². The standard InChI is InChI=1S/C24H20FN5S/c25-17-7-5-9-19(15-17)29-14-6-11-21(29)23-22(20-10-2-4-13-27-20)28-24(31)30(23)16-18-8-1-3-12-26-18/h1-15,22-23H,16H2,(H,28,31)/t22-,23-/m1/s1. The third-order valence-corrected chi connectivity index (χ3v) is 5.78. The number of halogens is 1. The van der Waals surface area contributed by atoms with Crippen LogP contribution in [0.3, 0.4) is 0 Å². The van der Waals surface area contributed by atoms with E-state index in [4.69, 9.17) is 12.2 Å². The molecular formula is C24H20FN5S. The zero-order valence-electron chi connectivity index (χ0n) is 16.6. The van der Waals surface area contributed by atoms with Crippen LogP contribution in [0.1, 0.15) is 29.2 Å². The Bertz CT molecular complexity index is 1190. The van der Waals surface area contributed by atoms with Crippen molar-refractivity contribution in [2.45, 2.75) is 18.6 Å². The Balaban J connectivity index is 1.61. The molecule has 4 aromatic rings. The smallest absolute Gasteiger partial charge is 0.170 e. The van der Waals surface area contributed by atoms with Crippen LogP contribution in [0.25, 0.3) is 5.69 Å². The summed E-state index contributed by atoms with van der Waals surface area (Å²) in [6.45, 7) is 0.551. The Morgan fingerprint density at radius 2 is 1.77 bits per heavy atom. The van der Waals surface area contributed by atoms with Gasteiger partial charge in [-0.1, -0.05) is 18.2 Å². The quantitative estimate of drug-likeness (QED) is 0.471. The molecule has 0 saturated carbocycles. The topological polar surface area (TPSA) is 46.0 Å². The van der Waals surface area contributed by atoms with Gasteiger partial charge in [0.1, 0.15) is 5.82 Å². The maximum Gasteiger partial charge on any atom is 0.170 e. The van der Waals surface area contributed by atoms with Crippen molar-refractivity contribution in [3.63, 3.8) is 0 Å². The second kappa shape index (κ2) is 8.28. The van der Waals surface area contributed by atoms with Crippen LogP contribution >= 0.6 is 12.2 Å². The van der Waals surface area contributed by atoms with Gasteiger partial charge < -0.3 is 14.8 Å². The van der Waals surface area contributed by atoms with Gasteiger partial charge in [-0.3, -0.25) is 9.97 Å². The third-order valence-electron chi connectivity index (χ3n) is 5.43. The first-order chi connectivity index (χ1) is 15.2. The second-order valence-corrected chi connectivity index (χ2v) is 7.75. The van der Waals surface area contributed by atoms with E-state index in [-0.39, 0.29) is 17.9 Å². The maximum absolute atomic E-state index is 14.0. The fraction of sp³-hybridized carbons (Fsp3) is 0.125. The first-order valence-corrected chi connectivity index (χ1v) is 10.4. The van der Waals surface area contributed by atoms with Crippen molar-refractivity contribution in [3.05, 3.63) is 114 Å². The minimum atomic E-state index is -0.274. The Kier molecular flexibility index (Phi) is 5.18. The van der Waals surface area contributed by atoms with E-state index in [1.807, 2.05) is 65.4 Å². The molecule has 0 aliphatic carbocycles. The van der Waals surface area contributed by atoms with E-state index < -0.39 is 0 Å². The molecule has 5 rings (SSSR count). The first kappa shape index (κ1) is 19.4. The predicted molar refractivity (Wildman–Crippen MR) is 121 cm³/mol. The molecule has 1 N–H and O–H groups in total. The van der Waals surface area contributed by atoms with Gasteiger partial charge in [0.15, 0.2) is 5.11 Å². The van der Waals surface area contributed by atoms with Crippen LogP contribution in [0.2, 0.25) is 0 Å². The van der Waals surface area contributed by atoms with Crippen LogP contribution in [0.15, 0.2) is 91.4 Å². The second-order valence-electron chi connectivity index (χ2n) is 7.36. The fourth-order valence-electron chi connectivity index (χ4n) is 4.06. The summed E-state index contributed by atoms with van der Waals surface area (Å²) >= 11 is 5.74. The number of nitrogens with zero attached hydrogens (tertiary/aromatic N) is 4.